The highest BCUT2D eigenvalue weighted by Crippen LogP contribution is 2.63. The summed E-state index contributed by atoms with van der Waals surface area (Å²) in [6.07, 6.45) is -0.903. The molecule has 15 heteroatoms. The van der Waals surface area contributed by atoms with E-state index in [0.717, 1.165) is 16.7 Å². The van der Waals surface area contributed by atoms with Gasteiger partial charge in [0.1, 0.15) is 42.1 Å². The highest BCUT2D eigenvalue weighted by Gasteiger charge is 2.55. The van der Waals surface area contributed by atoms with Crippen molar-refractivity contribution in [2.24, 2.45) is 0 Å². The molecule has 1 aliphatic rings. The van der Waals surface area contributed by atoms with Gasteiger partial charge in [-0.2, -0.15) is 4.52 Å². The Bertz CT molecular complexity index is 2310. The number of methoxy groups -OCH3 is 2. The summed E-state index contributed by atoms with van der Waals surface area (Å²) >= 11 is 0. The van der Waals surface area contributed by atoms with Crippen molar-refractivity contribution in [2.45, 2.75) is 84.1 Å². The van der Waals surface area contributed by atoms with Gasteiger partial charge in [-0.25, -0.2) is 9.69 Å². The molecule has 1 fully saturated rings. The lowest BCUT2D eigenvalue weighted by atomic mass is 9.80. The minimum atomic E-state index is -3.57. The fraction of sp³-hybridized carbons (Fsp3) is 0.383. The molecular formula is C47H57N3O11P+. The number of nitrogens with zero attached hydrogens (tertiary/aromatic N) is 2. The predicted octanol–water partition coefficient (Wildman–Crippen LogP) is 7.42. The van der Waals surface area contributed by atoms with Gasteiger partial charge in [-0.15, -0.1) is 4.67 Å². The third-order valence-corrected chi connectivity index (χ3v) is 13.8. The van der Waals surface area contributed by atoms with Gasteiger partial charge in [-0.3, -0.25) is 19.1 Å². The number of aromatic nitrogens is 2. The van der Waals surface area contributed by atoms with Crippen molar-refractivity contribution in [3.8, 4) is 23.0 Å². The Morgan fingerprint density at radius 1 is 0.855 bits per heavy atom. The van der Waals surface area contributed by atoms with E-state index in [4.69, 9.17) is 32.9 Å². The van der Waals surface area contributed by atoms with Gasteiger partial charge in [0.2, 0.25) is 0 Å². The topological polar surface area (TPSA) is 160 Å². The van der Waals surface area contributed by atoms with Gasteiger partial charge in [0.25, 0.3) is 5.56 Å². The highest BCUT2D eigenvalue weighted by atomic mass is 31.2. The number of nitrogens with one attached hydrogen (secondary N) is 1. The van der Waals surface area contributed by atoms with Crippen LogP contribution in [0.15, 0.2) is 119 Å². The average Bonchev–Trinajstić information content (AvgIpc) is 3.64. The maximum atomic E-state index is 13.3. The van der Waals surface area contributed by atoms with Gasteiger partial charge < -0.3 is 28.4 Å². The molecular weight excluding hydrogens is 814 g/mol. The highest BCUT2D eigenvalue weighted by molar-refractivity contribution is 7.63. The summed E-state index contributed by atoms with van der Waals surface area (Å²) < 4.78 is 47.0. The number of benzene rings is 4. The first kappa shape index (κ1) is 46.2. The van der Waals surface area contributed by atoms with Crippen LogP contribution in [-0.2, 0) is 24.4 Å². The van der Waals surface area contributed by atoms with E-state index in [0.29, 0.717) is 22.8 Å². The molecule has 4 aromatic carbocycles. The largest absolute Gasteiger partial charge is 0.497 e. The van der Waals surface area contributed by atoms with E-state index in [2.05, 4.69) is 4.98 Å². The molecule has 0 radical (unpaired) electrons. The first-order chi connectivity index (χ1) is 29.7. The monoisotopic (exact) mass is 870 g/mol. The molecule has 1 aromatic heterocycles. The molecule has 1 unspecified atom stereocenters. The molecule has 4 atom stereocenters. The van der Waals surface area contributed by atoms with Crippen LogP contribution in [0.5, 0.6) is 23.0 Å². The average molecular weight is 871 g/mol. The normalized spacial score (nSPS) is 17.6. The molecule has 2 N–H and O–H groups in total. The first-order valence-electron chi connectivity index (χ1n) is 20.6. The Morgan fingerprint density at radius 3 is 1.95 bits per heavy atom. The number of aromatic amines is 1. The molecule has 1 saturated heterocycles. The number of hydrogen-bond acceptors (Lipinski definition) is 12. The van der Waals surface area contributed by atoms with Crippen molar-refractivity contribution in [1.82, 2.24) is 14.2 Å². The van der Waals surface area contributed by atoms with Crippen LogP contribution in [0.25, 0.3) is 0 Å². The van der Waals surface area contributed by atoms with Gasteiger partial charge in [0, 0.05) is 37.2 Å². The van der Waals surface area contributed by atoms with Crippen LogP contribution in [0.1, 0.15) is 69.5 Å². The molecule has 14 nitrogen and oxygen atoms in total. The lowest BCUT2D eigenvalue weighted by molar-refractivity contribution is -0.132. The Kier molecular flexibility index (Phi) is 15.1. The van der Waals surface area contributed by atoms with Crippen molar-refractivity contribution in [2.75, 3.05) is 33.6 Å². The fourth-order valence-electron chi connectivity index (χ4n) is 8.05. The third kappa shape index (κ3) is 10.3. The van der Waals surface area contributed by atoms with E-state index in [1.165, 1.54) is 17.7 Å². The van der Waals surface area contributed by atoms with Crippen LogP contribution in [0, 0.1) is 6.92 Å². The van der Waals surface area contributed by atoms with E-state index in [1.54, 1.807) is 45.4 Å². The van der Waals surface area contributed by atoms with Crippen molar-refractivity contribution in [3.05, 3.63) is 152 Å². The number of esters is 1. The van der Waals surface area contributed by atoms with Crippen molar-refractivity contribution in [1.29, 1.82) is 0 Å². The number of ether oxygens (including phenoxy) is 6. The van der Waals surface area contributed by atoms with Crippen molar-refractivity contribution >= 4 is 13.8 Å². The number of H-pyrrole nitrogens is 1. The maximum absolute atomic E-state index is 13.3. The van der Waals surface area contributed by atoms with E-state index in [-0.39, 0.29) is 43.6 Å². The van der Waals surface area contributed by atoms with Crippen molar-refractivity contribution in [3.63, 3.8) is 0 Å². The SMILES string of the molecule is COc1ccc(C(OC[C@H]2O[C@@H](n3cc(C)c(=O)[nH]c3=O)C[C@@H]2O[P+](O)(CCOc2ccccc2OC(C)=O)N(C(C)C)C(C)C)(c2ccccc2)c2ccc(OC)cc2)cc1. The second-order valence-electron chi connectivity index (χ2n) is 15.6. The minimum Gasteiger partial charge on any atom is -0.497 e. The maximum Gasteiger partial charge on any atom is 0.349 e. The molecule has 0 saturated carbocycles. The van der Waals surface area contributed by atoms with E-state index < -0.39 is 49.1 Å². The van der Waals surface area contributed by atoms with Gasteiger partial charge in [-0.1, -0.05) is 66.7 Å². The van der Waals surface area contributed by atoms with Gasteiger partial charge in [0.15, 0.2) is 17.7 Å². The van der Waals surface area contributed by atoms with Crippen LogP contribution >= 0.6 is 7.87 Å². The molecule has 0 bridgehead atoms. The predicted molar refractivity (Wildman–Crippen MR) is 237 cm³/mol. The number of para-hydroxylation sites is 2. The quantitative estimate of drug-likeness (QED) is 0.0367. The molecule has 62 heavy (non-hydrogen) atoms. The molecule has 1 aliphatic heterocycles. The fourth-order valence-corrected chi connectivity index (χ4v) is 10.9. The lowest BCUT2D eigenvalue weighted by Crippen LogP contribution is -2.43. The zero-order valence-electron chi connectivity index (χ0n) is 36.5. The number of rotatable bonds is 19. The summed E-state index contributed by atoms with van der Waals surface area (Å²) in [6, 6.07) is 31.7. The molecule has 0 spiro atoms. The summed E-state index contributed by atoms with van der Waals surface area (Å²) in [6.45, 7) is 10.8. The minimum absolute atomic E-state index is 0.0152. The van der Waals surface area contributed by atoms with Crippen LogP contribution in [0.3, 0.4) is 0 Å². The molecule has 5 aromatic rings. The number of carbonyl (C=O) groups is 1. The van der Waals surface area contributed by atoms with E-state index >= 15 is 0 Å². The summed E-state index contributed by atoms with van der Waals surface area (Å²) in [5.74, 6) is 1.45. The van der Waals surface area contributed by atoms with Crippen LogP contribution in [-0.4, -0.2) is 83.0 Å². The second-order valence-corrected chi connectivity index (χ2v) is 18.1. The van der Waals surface area contributed by atoms with Gasteiger partial charge >= 0.3 is 19.5 Å². The van der Waals surface area contributed by atoms with Crippen LogP contribution < -0.4 is 30.2 Å². The molecule has 330 valence electrons. The summed E-state index contributed by atoms with van der Waals surface area (Å²) in [5.41, 5.74) is 0.406. The summed E-state index contributed by atoms with van der Waals surface area (Å²) in [5, 5.41) is 0. The second kappa shape index (κ2) is 20.2. The third-order valence-electron chi connectivity index (χ3n) is 10.7. The summed E-state index contributed by atoms with van der Waals surface area (Å²) in [4.78, 5) is 53.0. The van der Waals surface area contributed by atoms with Crippen LogP contribution in [0.4, 0.5) is 0 Å². The first-order valence-corrected chi connectivity index (χ1v) is 22.4. The van der Waals surface area contributed by atoms with Gasteiger partial charge in [-0.05, 0) is 87.7 Å². The molecule has 0 aliphatic carbocycles. The Labute approximate surface area is 362 Å². The van der Waals surface area contributed by atoms with E-state index in [9.17, 15) is 19.3 Å². The van der Waals surface area contributed by atoms with Gasteiger partial charge in [0.05, 0.1) is 20.8 Å². The molecule has 6 rings (SSSR count). The summed E-state index contributed by atoms with van der Waals surface area (Å²) in [7, 11) is -0.347. The van der Waals surface area contributed by atoms with Crippen LogP contribution in [0.2, 0.25) is 0 Å². The standard InChI is InChI=1S/C47H56N3O11P/c1-31(2)50(32(3)4)62(54,27-26-57-40-16-12-13-17-41(40)59-34(6)51)61-42-28-44(49-29-33(5)45(52)48-46(49)53)60-43(42)30-58-47(35-14-10-9-11-15-35,36-18-22-38(55-7)23-19-36)37-20-24-39(56-8)25-21-37/h9-25,29,31-32,42-44,54H,26-28,30H2,1-8H3/p+1/t42-,43+,44+,62?/m0/s1. The number of hydrogen-bond donors (Lipinski definition) is 2. The number of carbonyl (C=O) groups excluding carboxylic acids is 1. The van der Waals surface area contributed by atoms with Crippen molar-refractivity contribution < 1.29 is 42.6 Å². The molecule has 2 heterocycles. The van der Waals surface area contributed by atoms with E-state index in [1.807, 2.05) is 111 Å². The smallest absolute Gasteiger partial charge is 0.349 e. The lowest BCUT2D eigenvalue weighted by Gasteiger charge is -2.38. The Hall–Kier alpha value is -5.34. The number of aryl methyl sites for hydroxylation is 1. The zero-order chi connectivity index (χ0) is 44.6. The Morgan fingerprint density at radius 2 is 1.40 bits per heavy atom. The Balaban J connectivity index is 1.42. The zero-order valence-corrected chi connectivity index (χ0v) is 37.4. The molecule has 0 amide bonds.